The number of H-pyrrole nitrogens is 1. The molecule has 0 bridgehead atoms. The fourth-order valence-corrected chi connectivity index (χ4v) is 5.32. The summed E-state index contributed by atoms with van der Waals surface area (Å²) >= 11 is 4.80. The van der Waals surface area contributed by atoms with Crippen molar-refractivity contribution in [3.05, 3.63) is 54.4 Å². The number of alkyl halides is 3. The quantitative estimate of drug-likeness (QED) is 0.363. The van der Waals surface area contributed by atoms with Crippen molar-refractivity contribution in [1.82, 2.24) is 30.3 Å². The average molecular weight is 559 g/mol. The van der Waals surface area contributed by atoms with Crippen molar-refractivity contribution in [2.24, 2.45) is 0 Å². The lowest BCUT2D eigenvalue weighted by atomic mass is 10.00. The van der Waals surface area contributed by atoms with Crippen LogP contribution in [0, 0.1) is 0 Å². The Morgan fingerprint density at radius 2 is 1.79 bits per heavy atom. The first-order valence-electron chi connectivity index (χ1n) is 12.9. The van der Waals surface area contributed by atoms with Gasteiger partial charge in [0.2, 0.25) is 0 Å². The van der Waals surface area contributed by atoms with Crippen LogP contribution in [0.3, 0.4) is 0 Å². The Balaban J connectivity index is 1.12. The smallest absolute Gasteiger partial charge is 0.420 e. The molecule has 0 atom stereocenters. The number of likely N-dealkylation sites (tertiary alicyclic amines) is 1. The van der Waals surface area contributed by atoms with Gasteiger partial charge in [-0.1, -0.05) is 0 Å². The third-order valence-electron chi connectivity index (χ3n) is 7.56. The second kappa shape index (κ2) is 10.7. The summed E-state index contributed by atoms with van der Waals surface area (Å²) in [5.74, 6) is 0.299. The van der Waals surface area contributed by atoms with Gasteiger partial charge in [-0.05, 0) is 36.4 Å². The van der Waals surface area contributed by atoms with Crippen LogP contribution in [0.15, 0.2) is 48.8 Å². The minimum absolute atomic E-state index is 0.119. The molecule has 3 fully saturated rings. The van der Waals surface area contributed by atoms with E-state index < -0.39 is 5.57 Å². The number of hydrogen-bond donors (Lipinski definition) is 3. The molecule has 2 aromatic heterocycles. The standard InChI is InChI=1S/C26H29ClF2N8O2/c27-26(28,29)39-21-3-1-18(2-4-21)33-25(38)17-11-22(23-5-6-32-34-23)24(31-12-17)36-9-7-35(8-10-36)20-15-37(16-20)19-13-30-14-19/h1-6,11-12,19-20,30H,7-10,13-16H2,(H,32,34)(H,33,38). The number of amides is 1. The molecule has 0 spiro atoms. The van der Waals surface area contributed by atoms with Gasteiger partial charge in [0.15, 0.2) is 0 Å². The van der Waals surface area contributed by atoms with Crippen LogP contribution in [-0.2, 0) is 0 Å². The van der Waals surface area contributed by atoms with Gasteiger partial charge in [0.25, 0.3) is 5.91 Å². The molecule has 3 N–H and O–H groups in total. The summed E-state index contributed by atoms with van der Waals surface area (Å²) in [5.41, 5.74) is -1.48. The fraction of sp³-hybridized carbons (Fsp3) is 0.423. The highest BCUT2D eigenvalue weighted by Gasteiger charge is 2.39. The molecule has 10 nitrogen and oxygen atoms in total. The summed E-state index contributed by atoms with van der Waals surface area (Å²) in [4.78, 5) is 25.1. The lowest BCUT2D eigenvalue weighted by Gasteiger charge is -2.53. The third-order valence-corrected chi connectivity index (χ3v) is 7.64. The minimum atomic E-state index is -3.81. The van der Waals surface area contributed by atoms with E-state index in [1.807, 2.05) is 6.07 Å². The molecule has 3 saturated heterocycles. The fourth-order valence-electron chi connectivity index (χ4n) is 5.23. The number of hydrogen-bond acceptors (Lipinski definition) is 8. The Morgan fingerprint density at radius 3 is 2.41 bits per heavy atom. The van der Waals surface area contributed by atoms with E-state index >= 15 is 0 Å². The van der Waals surface area contributed by atoms with Crippen LogP contribution < -0.4 is 20.3 Å². The van der Waals surface area contributed by atoms with Crippen molar-refractivity contribution < 1.29 is 18.3 Å². The van der Waals surface area contributed by atoms with Crippen molar-refractivity contribution in [3.8, 4) is 17.0 Å². The number of nitrogens with zero attached hydrogens (tertiary/aromatic N) is 5. The van der Waals surface area contributed by atoms with E-state index in [9.17, 15) is 13.6 Å². The SMILES string of the molecule is O=C(Nc1ccc(OC(F)(F)Cl)cc1)c1cnc(N2CCN(C3CN(C4CNC4)C3)CC2)c(-c2ccn[nH]2)c1. The molecule has 5 heterocycles. The highest BCUT2D eigenvalue weighted by Crippen LogP contribution is 2.31. The zero-order chi connectivity index (χ0) is 27.0. The van der Waals surface area contributed by atoms with Gasteiger partial charge >= 0.3 is 5.57 Å². The number of aromatic nitrogens is 3. The predicted octanol–water partition coefficient (Wildman–Crippen LogP) is 2.67. The van der Waals surface area contributed by atoms with E-state index in [1.54, 1.807) is 18.5 Å². The number of rotatable bonds is 8. The van der Waals surface area contributed by atoms with Gasteiger partial charge in [-0.2, -0.15) is 5.10 Å². The summed E-state index contributed by atoms with van der Waals surface area (Å²) in [6, 6.07) is 10.5. The number of ether oxygens (including phenoxy) is 1. The van der Waals surface area contributed by atoms with Crippen LogP contribution >= 0.6 is 11.6 Å². The number of nitrogens with one attached hydrogen (secondary N) is 3. The Morgan fingerprint density at radius 1 is 1.05 bits per heavy atom. The molecule has 0 radical (unpaired) electrons. The van der Waals surface area contributed by atoms with Gasteiger partial charge in [-0.25, -0.2) is 4.98 Å². The minimum Gasteiger partial charge on any atom is -0.420 e. The molecule has 0 saturated carbocycles. The number of anilines is 2. The van der Waals surface area contributed by atoms with E-state index in [2.05, 4.69) is 40.3 Å². The zero-order valence-electron chi connectivity index (χ0n) is 21.1. The lowest BCUT2D eigenvalue weighted by Crippen LogP contribution is -2.70. The van der Waals surface area contributed by atoms with E-state index in [0.29, 0.717) is 23.3 Å². The van der Waals surface area contributed by atoms with Gasteiger partial charge in [-0.15, -0.1) is 8.78 Å². The summed E-state index contributed by atoms with van der Waals surface area (Å²) in [5, 5.41) is 13.2. The molecule has 6 rings (SSSR count). The monoisotopic (exact) mass is 558 g/mol. The molecule has 1 aromatic carbocycles. The third kappa shape index (κ3) is 5.83. The number of benzene rings is 1. The van der Waals surface area contributed by atoms with Gasteiger partial charge < -0.3 is 20.3 Å². The van der Waals surface area contributed by atoms with Gasteiger partial charge in [-0.3, -0.25) is 19.7 Å². The molecule has 0 aliphatic carbocycles. The Hall–Kier alpha value is -3.32. The van der Waals surface area contributed by atoms with Crippen molar-refractivity contribution in [3.63, 3.8) is 0 Å². The van der Waals surface area contributed by atoms with E-state index in [1.165, 1.54) is 24.3 Å². The normalized spacial score (nSPS) is 19.4. The van der Waals surface area contributed by atoms with Crippen molar-refractivity contribution in [2.75, 3.05) is 62.6 Å². The highest BCUT2D eigenvalue weighted by molar-refractivity contribution is 6.20. The van der Waals surface area contributed by atoms with Crippen LogP contribution in [0.25, 0.3) is 11.3 Å². The van der Waals surface area contributed by atoms with Crippen LogP contribution in [0.5, 0.6) is 5.75 Å². The number of halogens is 3. The van der Waals surface area contributed by atoms with E-state index in [0.717, 1.165) is 69.4 Å². The molecule has 206 valence electrons. The maximum absolute atomic E-state index is 13.0. The van der Waals surface area contributed by atoms with Crippen molar-refractivity contribution >= 4 is 29.0 Å². The number of pyridine rings is 1. The summed E-state index contributed by atoms with van der Waals surface area (Å²) in [6.07, 6.45) is 3.22. The Labute approximate surface area is 229 Å². The second-order valence-electron chi connectivity index (χ2n) is 10.0. The molecule has 3 aliphatic rings. The zero-order valence-corrected chi connectivity index (χ0v) is 21.9. The van der Waals surface area contributed by atoms with Crippen LogP contribution in [-0.4, -0.2) is 101 Å². The number of aromatic amines is 1. The Kier molecular flexibility index (Phi) is 7.10. The molecule has 0 unspecified atom stereocenters. The van der Waals surface area contributed by atoms with Crippen LogP contribution in [0.2, 0.25) is 0 Å². The predicted molar refractivity (Wildman–Crippen MR) is 143 cm³/mol. The molecule has 1 amide bonds. The van der Waals surface area contributed by atoms with Gasteiger partial charge in [0.05, 0.1) is 11.3 Å². The molecule has 3 aromatic rings. The van der Waals surface area contributed by atoms with Crippen molar-refractivity contribution in [2.45, 2.75) is 17.7 Å². The first-order chi connectivity index (χ1) is 18.8. The van der Waals surface area contributed by atoms with Crippen LogP contribution in [0.4, 0.5) is 20.3 Å². The van der Waals surface area contributed by atoms with Crippen molar-refractivity contribution in [1.29, 1.82) is 0 Å². The maximum Gasteiger partial charge on any atom is 0.487 e. The number of carbonyl (C=O) groups is 1. The summed E-state index contributed by atoms with van der Waals surface area (Å²) < 4.78 is 30.0. The van der Waals surface area contributed by atoms with Crippen LogP contribution in [0.1, 0.15) is 10.4 Å². The molecule has 13 heteroatoms. The lowest BCUT2D eigenvalue weighted by molar-refractivity contribution is -0.0964. The van der Waals surface area contributed by atoms with E-state index in [-0.39, 0.29) is 11.7 Å². The molecule has 3 aliphatic heterocycles. The van der Waals surface area contributed by atoms with Gasteiger partial charge in [0, 0.05) is 99.7 Å². The van der Waals surface area contributed by atoms with E-state index in [4.69, 9.17) is 16.6 Å². The largest absolute Gasteiger partial charge is 0.487 e. The molecule has 39 heavy (non-hydrogen) atoms. The first kappa shape index (κ1) is 25.9. The van der Waals surface area contributed by atoms with Gasteiger partial charge in [0.1, 0.15) is 11.6 Å². The first-order valence-corrected chi connectivity index (χ1v) is 13.3. The highest BCUT2D eigenvalue weighted by atomic mass is 35.5. The molecular weight excluding hydrogens is 530 g/mol. The second-order valence-corrected chi connectivity index (χ2v) is 10.5. The molecular formula is C26H29ClF2N8O2. The number of carbonyl (C=O) groups excluding carboxylic acids is 1. The summed E-state index contributed by atoms with van der Waals surface area (Å²) in [7, 11) is 0. The Bertz CT molecular complexity index is 1290. The topological polar surface area (TPSA) is 102 Å². The number of piperazine rings is 1. The summed E-state index contributed by atoms with van der Waals surface area (Å²) in [6.45, 7) is 8.10. The maximum atomic E-state index is 13.0. The average Bonchev–Trinajstić information content (AvgIpc) is 3.40.